The summed E-state index contributed by atoms with van der Waals surface area (Å²) in [7, 11) is 3.24. The van der Waals surface area contributed by atoms with Gasteiger partial charge in [0.2, 0.25) is 5.95 Å². The molecule has 2 N–H and O–H groups in total. The predicted octanol–water partition coefficient (Wildman–Crippen LogP) is 4.60. The van der Waals surface area contributed by atoms with Crippen LogP contribution in [-0.2, 0) is 0 Å². The average molecular weight is 350 g/mol. The van der Waals surface area contributed by atoms with Crippen LogP contribution >= 0.6 is 0 Å². The van der Waals surface area contributed by atoms with Crippen LogP contribution in [0.1, 0.15) is 11.1 Å². The summed E-state index contributed by atoms with van der Waals surface area (Å²) in [4.78, 5) is 8.81. The second kappa shape index (κ2) is 7.74. The third-order valence-electron chi connectivity index (χ3n) is 3.80. The lowest BCUT2D eigenvalue weighted by atomic mass is 10.1. The molecule has 0 bridgehead atoms. The van der Waals surface area contributed by atoms with Crippen LogP contribution in [0.2, 0.25) is 0 Å². The first kappa shape index (κ1) is 17.5. The van der Waals surface area contributed by atoms with Gasteiger partial charge < -0.3 is 20.1 Å². The standard InChI is InChI=1S/C20H22N4O2/c1-13-9-14(2)11-15(10-13)22-20-21-8-7-19(24-20)23-17-6-5-16(25-3)12-18(17)26-4/h5-12H,1-4H3,(H2,21,22,23,24). The highest BCUT2D eigenvalue weighted by Crippen LogP contribution is 2.31. The Hall–Kier alpha value is -3.28. The first-order chi connectivity index (χ1) is 12.6. The van der Waals surface area contributed by atoms with E-state index in [4.69, 9.17) is 9.47 Å². The Morgan fingerprint density at radius 1 is 0.846 bits per heavy atom. The van der Waals surface area contributed by atoms with E-state index in [2.05, 4.69) is 52.6 Å². The van der Waals surface area contributed by atoms with Gasteiger partial charge in [-0.05, 0) is 55.3 Å². The van der Waals surface area contributed by atoms with Crippen LogP contribution in [-0.4, -0.2) is 24.2 Å². The molecule has 1 heterocycles. The average Bonchev–Trinajstić information content (AvgIpc) is 2.61. The SMILES string of the molecule is COc1ccc(Nc2ccnc(Nc3cc(C)cc(C)c3)n2)c(OC)c1. The maximum absolute atomic E-state index is 5.41. The van der Waals surface area contributed by atoms with Gasteiger partial charge in [-0.3, -0.25) is 0 Å². The van der Waals surface area contributed by atoms with Crippen molar-refractivity contribution in [2.24, 2.45) is 0 Å². The molecule has 3 aromatic rings. The topological polar surface area (TPSA) is 68.3 Å². The minimum absolute atomic E-state index is 0.521. The van der Waals surface area contributed by atoms with Crippen LogP contribution < -0.4 is 20.1 Å². The van der Waals surface area contributed by atoms with E-state index in [0.717, 1.165) is 17.1 Å². The molecule has 0 aliphatic carbocycles. The first-order valence-corrected chi connectivity index (χ1v) is 8.25. The number of benzene rings is 2. The molecule has 6 nitrogen and oxygen atoms in total. The lowest BCUT2D eigenvalue weighted by Gasteiger charge is -2.13. The van der Waals surface area contributed by atoms with Crippen molar-refractivity contribution in [2.45, 2.75) is 13.8 Å². The molecule has 0 amide bonds. The second-order valence-corrected chi connectivity index (χ2v) is 5.96. The van der Waals surface area contributed by atoms with Gasteiger partial charge in [0.15, 0.2) is 0 Å². The van der Waals surface area contributed by atoms with Crippen molar-refractivity contribution in [1.29, 1.82) is 0 Å². The van der Waals surface area contributed by atoms with Gasteiger partial charge in [0.05, 0.1) is 19.9 Å². The van der Waals surface area contributed by atoms with Crippen molar-refractivity contribution >= 4 is 23.1 Å². The molecule has 0 radical (unpaired) electrons. The summed E-state index contributed by atoms with van der Waals surface area (Å²) in [6.45, 7) is 4.12. The molecule has 0 fully saturated rings. The first-order valence-electron chi connectivity index (χ1n) is 8.25. The maximum Gasteiger partial charge on any atom is 0.229 e. The number of anilines is 4. The molecule has 6 heteroatoms. The zero-order valence-corrected chi connectivity index (χ0v) is 15.3. The summed E-state index contributed by atoms with van der Waals surface area (Å²) < 4.78 is 10.6. The molecule has 0 saturated heterocycles. The number of aromatic nitrogens is 2. The zero-order valence-electron chi connectivity index (χ0n) is 15.3. The highest BCUT2D eigenvalue weighted by atomic mass is 16.5. The Kier molecular flexibility index (Phi) is 5.22. The van der Waals surface area contributed by atoms with Gasteiger partial charge in [0, 0.05) is 18.0 Å². The quantitative estimate of drug-likeness (QED) is 0.677. The Balaban J connectivity index is 1.81. The number of hydrogen-bond acceptors (Lipinski definition) is 6. The molecule has 1 aromatic heterocycles. The number of rotatable bonds is 6. The summed E-state index contributed by atoms with van der Waals surface area (Å²) >= 11 is 0. The van der Waals surface area contributed by atoms with Gasteiger partial charge in [0.25, 0.3) is 0 Å². The smallest absolute Gasteiger partial charge is 0.229 e. The van der Waals surface area contributed by atoms with Gasteiger partial charge in [0.1, 0.15) is 17.3 Å². The molecule has 0 aliphatic rings. The molecule has 0 aliphatic heterocycles. The fourth-order valence-electron chi connectivity index (χ4n) is 2.70. The fraction of sp³-hybridized carbons (Fsp3) is 0.200. The Morgan fingerprint density at radius 2 is 1.62 bits per heavy atom. The third-order valence-corrected chi connectivity index (χ3v) is 3.80. The van der Waals surface area contributed by atoms with Crippen molar-refractivity contribution in [2.75, 3.05) is 24.9 Å². The molecular weight excluding hydrogens is 328 g/mol. The van der Waals surface area contributed by atoms with E-state index in [1.807, 2.05) is 18.2 Å². The lowest BCUT2D eigenvalue weighted by Crippen LogP contribution is -2.02. The fourth-order valence-corrected chi connectivity index (χ4v) is 2.70. The normalized spacial score (nSPS) is 10.3. The highest BCUT2D eigenvalue weighted by Gasteiger charge is 2.07. The van der Waals surface area contributed by atoms with Crippen molar-refractivity contribution < 1.29 is 9.47 Å². The Morgan fingerprint density at radius 3 is 2.31 bits per heavy atom. The van der Waals surface area contributed by atoms with Gasteiger partial charge in [-0.15, -0.1) is 0 Å². The van der Waals surface area contributed by atoms with Crippen LogP contribution in [0.3, 0.4) is 0 Å². The van der Waals surface area contributed by atoms with Crippen molar-refractivity contribution in [3.05, 3.63) is 59.8 Å². The number of ether oxygens (including phenoxy) is 2. The predicted molar refractivity (Wildman–Crippen MR) is 104 cm³/mol. The molecule has 0 atom stereocenters. The number of aryl methyl sites for hydroxylation is 2. The van der Waals surface area contributed by atoms with E-state index >= 15 is 0 Å². The van der Waals surface area contributed by atoms with Crippen LogP contribution in [0.25, 0.3) is 0 Å². The molecule has 3 rings (SSSR count). The van der Waals surface area contributed by atoms with Gasteiger partial charge >= 0.3 is 0 Å². The summed E-state index contributed by atoms with van der Waals surface area (Å²) in [5.41, 5.74) is 4.13. The van der Waals surface area contributed by atoms with Crippen molar-refractivity contribution in [1.82, 2.24) is 9.97 Å². The molecule has 0 unspecified atom stereocenters. The van der Waals surface area contributed by atoms with E-state index in [1.54, 1.807) is 26.5 Å². The zero-order chi connectivity index (χ0) is 18.5. The van der Waals surface area contributed by atoms with Crippen LogP contribution in [0.5, 0.6) is 11.5 Å². The minimum atomic E-state index is 0.521. The number of methoxy groups -OCH3 is 2. The summed E-state index contributed by atoms with van der Waals surface area (Å²) in [6, 6.07) is 13.6. The highest BCUT2D eigenvalue weighted by molar-refractivity contribution is 5.66. The van der Waals surface area contributed by atoms with E-state index in [1.165, 1.54) is 11.1 Å². The largest absolute Gasteiger partial charge is 0.497 e. The van der Waals surface area contributed by atoms with E-state index in [-0.39, 0.29) is 0 Å². The van der Waals surface area contributed by atoms with Crippen LogP contribution in [0.15, 0.2) is 48.7 Å². The second-order valence-electron chi connectivity index (χ2n) is 5.96. The van der Waals surface area contributed by atoms with Gasteiger partial charge in [-0.2, -0.15) is 4.98 Å². The van der Waals surface area contributed by atoms with Gasteiger partial charge in [-0.25, -0.2) is 4.98 Å². The lowest BCUT2D eigenvalue weighted by molar-refractivity contribution is 0.395. The van der Waals surface area contributed by atoms with E-state index in [9.17, 15) is 0 Å². The third kappa shape index (κ3) is 4.22. The molecule has 26 heavy (non-hydrogen) atoms. The number of nitrogens with zero attached hydrogens (tertiary/aromatic N) is 2. The van der Waals surface area contributed by atoms with Crippen molar-refractivity contribution in [3.8, 4) is 11.5 Å². The minimum Gasteiger partial charge on any atom is -0.497 e. The number of hydrogen-bond donors (Lipinski definition) is 2. The Bertz CT molecular complexity index is 892. The monoisotopic (exact) mass is 350 g/mol. The molecule has 134 valence electrons. The van der Waals surface area contributed by atoms with Crippen LogP contribution in [0, 0.1) is 13.8 Å². The molecule has 0 saturated carbocycles. The van der Waals surface area contributed by atoms with Gasteiger partial charge in [-0.1, -0.05) is 6.07 Å². The summed E-state index contributed by atoms with van der Waals surface area (Å²) in [5, 5.41) is 6.50. The Labute approximate surface area is 153 Å². The van der Waals surface area contributed by atoms with E-state index < -0.39 is 0 Å². The molecular formula is C20H22N4O2. The molecule has 0 spiro atoms. The summed E-state index contributed by atoms with van der Waals surface area (Å²) in [6.07, 6.45) is 1.70. The van der Waals surface area contributed by atoms with E-state index in [0.29, 0.717) is 17.5 Å². The van der Waals surface area contributed by atoms with Crippen LogP contribution in [0.4, 0.5) is 23.1 Å². The molecule has 2 aromatic carbocycles. The van der Waals surface area contributed by atoms with Crippen molar-refractivity contribution in [3.63, 3.8) is 0 Å². The number of nitrogens with one attached hydrogen (secondary N) is 2. The maximum atomic E-state index is 5.41. The summed E-state index contributed by atoms with van der Waals surface area (Å²) in [5.74, 6) is 2.59.